The number of benzene rings is 2. The minimum absolute atomic E-state index is 0.141. The Morgan fingerprint density at radius 2 is 1.82 bits per heavy atom. The number of halogens is 3. The first-order valence-corrected chi connectivity index (χ1v) is 4.87. The molecule has 4 heteroatoms. The molecule has 1 radical (unpaired) electrons. The van der Waals surface area contributed by atoms with Crippen LogP contribution in [-0.4, -0.2) is 0 Å². The molecule has 1 nitrogen and oxygen atoms in total. The molecule has 0 saturated carbocycles. The Labute approximate surface area is 96.5 Å². The molecule has 0 N–H and O–H groups in total. The molecule has 2 rings (SSSR count). The largest absolute Gasteiger partial charge is 0.457 e. The Balaban J connectivity index is 2.23. The minimum Gasteiger partial charge on any atom is -0.457 e. The van der Waals surface area contributed by atoms with Gasteiger partial charge in [0, 0.05) is 6.07 Å². The quantitative estimate of drug-likeness (QED) is 0.756. The van der Waals surface area contributed by atoms with E-state index in [9.17, 15) is 13.2 Å². The fraction of sp³-hybridized carbons (Fsp3) is 0.0769. The van der Waals surface area contributed by atoms with E-state index in [1.807, 2.05) is 0 Å². The normalized spacial score (nSPS) is 11.2. The maximum absolute atomic E-state index is 12.4. The topological polar surface area (TPSA) is 9.23 Å². The molecule has 0 aliphatic rings. The van der Waals surface area contributed by atoms with Crippen molar-refractivity contribution in [2.24, 2.45) is 0 Å². The van der Waals surface area contributed by atoms with Gasteiger partial charge in [-0.3, -0.25) is 0 Å². The molecule has 0 atom stereocenters. The molecule has 0 spiro atoms. The van der Waals surface area contributed by atoms with Crippen LogP contribution < -0.4 is 4.74 Å². The monoisotopic (exact) mass is 237 g/mol. The van der Waals surface area contributed by atoms with Crippen LogP contribution in [0.2, 0.25) is 0 Å². The van der Waals surface area contributed by atoms with Gasteiger partial charge in [-0.1, -0.05) is 24.3 Å². The van der Waals surface area contributed by atoms with E-state index in [2.05, 4.69) is 6.07 Å². The Morgan fingerprint density at radius 1 is 1.00 bits per heavy atom. The van der Waals surface area contributed by atoms with Gasteiger partial charge in [0.25, 0.3) is 0 Å². The lowest BCUT2D eigenvalue weighted by atomic mass is 10.2. The zero-order valence-corrected chi connectivity index (χ0v) is 8.66. The van der Waals surface area contributed by atoms with Gasteiger partial charge in [-0.25, -0.2) is 0 Å². The predicted octanol–water partition coefficient (Wildman–Crippen LogP) is 4.30. The summed E-state index contributed by atoms with van der Waals surface area (Å²) in [6, 6.07) is 14.2. The van der Waals surface area contributed by atoms with Gasteiger partial charge in [0.2, 0.25) is 0 Å². The maximum atomic E-state index is 12.4. The van der Waals surface area contributed by atoms with E-state index >= 15 is 0 Å². The van der Waals surface area contributed by atoms with Crippen molar-refractivity contribution >= 4 is 0 Å². The predicted molar refractivity (Wildman–Crippen MR) is 56.8 cm³/mol. The van der Waals surface area contributed by atoms with Gasteiger partial charge >= 0.3 is 6.18 Å². The van der Waals surface area contributed by atoms with Crippen molar-refractivity contribution in [2.45, 2.75) is 6.18 Å². The number of ether oxygens (including phenoxy) is 1. The van der Waals surface area contributed by atoms with Crippen molar-refractivity contribution in [1.29, 1.82) is 0 Å². The molecule has 0 saturated heterocycles. The second kappa shape index (κ2) is 4.49. The SMILES string of the molecule is FC(F)(F)c1cccc(Oc2[c]cccc2)c1. The van der Waals surface area contributed by atoms with E-state index in [0.29, 0.717) is 5.75 Å². The summed E-state index contributed by atoms with van der Waals surface area (Å²) >= 11 is 0. The number of hydrogen-bond donors (Lipinski definition) is 0. The molecule has 0 aliphatic heterocycles. The fourth-order valence-corrected chi connectivity index (χ4v) is 1.30. The Hall–Kier alpha value is -1.97. The average molecular weight is 237 g/mol. The van der Waals surface area contributed by atoms with E-state index in [1.54, 1.807) is 24.3 Å². The smallest absolute Gasteiger partial charge is 0.416 e. The van der Waals surface area contributed by atoms with Gasteiger partial charge < -0.3 is 4.74 Å². The molecular weight excluding hydrogens is 229 g/mol. The fourth-order valence-electron chi connectivity index (χ4n) is 1.30. The summed E-state index contributed by atoms with van der Waals surface area (Å²) in [5, 5.41) is 0. The summed E-state index contributed by atoms with van der Waals surface area (Å²) in [6.07, 6.45) is -4.36. The third kappa shape index (κ3) is 3.00. The third-order valence-corrected chi connectivity index (χ3v) is 2.07. The number of hydrogen-bond acceptors (Lipinski definition) is 1. The minimum atomic E-state index is -4.36. The molecule has 2 aromatic rings. The summed E-state index contributed by atoms with van der Waals surface area (Å²) in [4.78, 5) is 0. The molecule has 0 unspecified atom stereocenters. The Morgan fingerprint density at radius 3 is 2.47 bits per heavy atom. The van der Waals surface area contributed by atoms with Gasteiger partial charge in [0.05, 0.1) is 5.56 Å². The standard InChI is InChI=1S/C13H8F3O/c14-13(15,16)10-5-4-8-12(9-10)17-11-6-2-1-3-7-11/h1-6,8-9H. The van der Waals surface area contributed by atoms with Crippen LogP contribution in [-0.2, 0) is 6.18 Å². The Bertz CT molecular complexity index is 492. The van der Waals surface area contributed by atoms with Crippen LogP contribution >= 0.6 is 0 Å². The summed E-state index contributed by atoms with van der Waals surface area (Å²) in [5.41, 5.74) is -0.731. The molecule has 0 amide bonds. The van der Waals surface area contributed by atoms with Crippen molar-refractivity contribution in [3.63, 3.8) is 0 Å². The second-order valence-electron chi connectivity index (χ2n) is 3.35. The molecule has 0 bridgehead atoms. The molecule has 0 fully saturated rings. The first kappa shape index (κ1) is 11.5. The molecule has 0 aromatic heterocycles. The summed E-state index contributed by atoms with van der Waals surface area (Å²) in [6.45, 7) is 0. The zero-order valence-electron chi connectivity index (χ0n) is 8.66. The third-order valence-electron chi connectivity index (χ3n) is 2.07. The highest BCUT2D eigenvalue weighted by atomic mass is 19.4. The van der Waals surface area contributed by atoms with Crippen LogP contribution in [0.5, 0.6) is 11.5 Å². The average Bonchev–Trinajstić information content (AvgIpc) is 2.29. The first-order valence-electron chi connectivity index (χ1n) is 4.87. The lowest BCUT2D eigenvalue weighted by molar-refractivity contribution is -0.137. The van der Waals surface area contributed by atoms with Gasteiger partial charge in [0.1, 0.15) is 11.5 Å². The highest BCUT2D eigenvalue weighted by Gasteiger charge is 2.30. The van der Waals surface area contributed by atoms with Gasteiger partial charge in [0.15, 0.2) is 0 Å². The molecule has 17 heavy (non-hydrogen) atoms. The number of rotatable bonds is 2. The van der Waals surface area contributed by atoms with E-state index in [1.165, 1.54) is 12.1 Å². The van der Waals surface area contributed by atoms with Crippen molar-refractivity contribution in [3.05, 3.63) is 60.2 Å². The van der Waals surface area contributed by atoms with Crippen molar-refractivity contribution in [3.8, 4) is 11.5 Å². The van der Waals surface area contributed by atoms with Crippen LogP contribution in [0.4, 0.5) is 13.2 Å². The lowest BCUT2D eigenvalue weighted by Gasteiger charge is -2.09. The summed E-state index contributed by atoms with van der Waals surface area (Å²) < 4.78 is 42.6. The number of alkyl halides is 3. The van der Waals surface area contributed by atoms with E-state index in [4.69, 9.17) is 4.74 Å². The summed E-state index contributed by atoms with van der Waals surface area (Å²) in [5.74, 6) is 0.522. The Kier molecular flexibility index (Phi) is 3.04. The second-order valence-corrected chi connectivity index (χ2v) is 3.35. The first-order chi connectivity index (χ1) is 8.05. The van der Waals surface area contributed by atoms with Crippen LogP contribution in [0.25, 0.3) is 0 Å². The lowest BCUT2D eigenvalue weighted by Crippen LogP contribution is -2.04. The van der Waals surface area contributed by atoms with Crippen LogP contribution in [0.1, 0.15) is 5.56 Å². The van der Waals surface area contributed by atoms with Crippen molar-refractivity contribution in [1.82, 2.24) is 0 Å². The molecule has 0 aliphatic carbocycles. The van der Waals surface area contributed by atoms with Gasteiger partial charge in [-0.2, -0.15) is 13.2 Å². The van der Waals surface area contributed by atoms with Crippen molar-refractivity contribution < 1.29 is 17.9 Å². The molecule has 0 heterocycles. The number of para-hydroxylation sites is 1. The van der Waals surface area contributed by atoms with E-state index in [0.717, 1.165) is 12.1 Å². The van der Waals surface area contributed by atoms with Gasteiger partial charge in [-0.15, -0.1) is 0 Å². The van der Waals surface area contributed by atoms with Crippen LogP contribution in [0.3, 0.4) is 0 Å². The van der Waals surface area contributed by atoms with Gasteiger partial charge in [-0.05, 0) is 24.3 Å². The molecule has 2 aromatic carbocycles. The maximum Gasteiger partial charge on any atom is 0.416 e. The zero-order chi connectivity index (χ0) is 12.3. The highest BCUT2D eigenvalue weighted by Crippen LogP contribution is 2.32. The van der Waals surface area contributed by atoms with Crippen LogP contribution in [0.15, 0.2) is 48.5 Å². The summed E-state index contributed by atoms with van der Waals surface area (Å²) in [7, 11) is 0. The highest BCUT2D eigenvalue weighted by molar-refractivity contribution is 5.34. The van der Waals surface area contributed by atoms with Crippen molar-refractivity contribution in [2.75, 3.05) is 0 Å². The van der Waals surface area contributed by atoms with E-state index < -0.39 is 11.7 Å². The molecular formula is C13H8F3O. The molecule has 87 valence electrons. The van der Waals surface area contributed by atoms with E-state index in [-0.39, 0.29) is 5.75 Å². The van der Waals surface area contributed by atoms with Crippen LogP contribution in [0, 0.1) is 6.07 Å².